The van der Waals surface area contributed by atoms with Gasteiger partial charge in [0.25, 0.3) is 0 Å². The van der Waals surface area contributed by atoms with Gasteiger partial charge in [0, 0.05) is 30.5 Å². The van der Waals surface area contributed by atoms with E-state index in [1.54, 1.807) is 18.2 Å². The summed E-state index contributed by atoms with van der Waals surface area (Å²) in [6.07, 6.45) is 2.94. The molecule has 0 aromatic heterocycles. The van der Waals surface area contributed by atoms with Crippen LogP contribution in [0.1, 0.15) is 25.7 Å². The maximum Gasteiger partial charge on any atom is 0.222 e. The first kappa shape index (κ1) is 18.8. The molecule has 1 aromatic rings. The number of rotatable bonds is 6. The van der Waals surface area contributed by atoms with Gasteiger partial charge in [-0.15, -0.1) is 0 Å². The lowest BCUT2D eigenvalue weighted by Crippen LogP contribution is -2.41. The fourth-order valence-electron chi connectivity index (χ4n) is 3.23. The largest absolute Gasteiger partial charge is 0.492 e. The molecule has 1 aromatic carbocycles. The van der Waals surface area contributed by atoms with Gasteiger partial charge in [-0.05, 0) is 37.5 Å². The van der Waals surface area contributed by atoms with E-state index in [1.807, 2.05) is 4.90 Å². The van der Waals surface area contributed by atoms with E-state index in [0.29, 0.717) is 54.4 Å². The molecule has 0 spiro atoms. The Labute approximate surface area is 158 Å². The molecule has 7 heteroatoms. The van der Waals surface area contributed by atoms with Gasteiger partial charge in [0.05, 0.1) is 24.8 Å². The lowest BCUT2D eigenvalue weighted by Gasteiger charge is -2.33. The van der Waals surface area contributed by atoms with Crippen molar-refractivity contribution in [3.8, 4) is 5.75 Å². The van der Waals surface area contributed by atoms with Gasteiger partial charge in [-0.2, -0.15) is 0 Å². The van der Waals surface area contributed by atoms with Gasteiger partial charge < -0.3 is 19.1 Å². The summed E-state index contributed by atoms with van der Waals surface area (Å²) in [7, 11) is 0. The Bertz CT molecular complexity index is 584. The average Bonchev–Trinajstić information content (AvgIpc) is 3.15. The maximum absolute atomic E-state index is 12.3. The molecule has 2 fully saturated rings. The van der Waals surface area contributed by atoms with Crippen LogP contribution in [0.15, 0.2) is 18.2 Å². The monoisotopic (exact) mass is 387 g/mol. The number of hydrogen-bond donors (Lipinski definition) is 0. The van der Waals surface area contributed by atoms with Crippen molar-refractivity contribution in [3.05, 3.63) is 28.2 Å². The highest BCUT2D eigenvalue weighted by Gasteiger charge is 2.31. The van der Waals surface area contributed by atoms with Crippen LogP contribution in [-0.4, -0.2) is 50.0 Å². The predicted molar refractivity (Wildman–Crippen MR) is 96.2 cm³/mol. The Morgan fingerprint density at radius 1 is 1.20 bits per heavy atom. The van der Waals surface area contributed by atoms with Crippen molar-refractivity contribution in [2.45, 2.75) is 32.0 Å². The zero-order valence-corrected chi connectivity index (χ0v) is 15.6. The molecule has 2 heterocycles. The van der Waals surface area contributed by atoms with Crippen LogP contribution < -0.4 is 4.74 Å². The van der Waals surface area contributed by atoms with Crippen LogP contribution in [0.2, 0.25) is 10.0 Å². The topological polar surface area (TPSA) is 48.0 Å². The van der Waals surface area contributed by atoms with Gasteiger partial charge >= 0.3 is 0 Å². The van der Waals surface area contributed by atoms with Gasteiger partial charge in [-0.3, -0.25) is 4.79 Å². The summed E-state index contributed by atoms with van der Waals surface area (Å²) >= 11 is 11.9. The maximum atomic E-state index is 12.3. The van der Waals surface area contributed by atoms with Gasteiger partial charge in [0.15, 0.2) is 6.29 Å². The Balaban J connectivity index is 1.34. The van der Waals surface area contributed by atoms with Crippen molar-refractivity contribution in [1.82, 2.24) is 4.90 Å². The molecular weight excluding hydrogens is 365 g/mol. The Morgan fingerprint density at radius 3 is 2.60 bits per heavy atom. The van der Waals surface area contributed by atoms with E-state index in [2.05, 4.69) is 0 Å². The van der Waals surface area contributed by atoms with Crippen LogP contribution in [-0.2, 0) is 14.3 Å². The standard InChI is InChI=1S/C18H23Cl2NO4/c19-14-3-4-16(15(20)12-14)23-9-1-2-17(22)21-7-5-13(6-8-21)18-24-10-11-25-18/h3-4,12-13,18H,1-2,5-11H2. The summed E-state index contributed by atoms with van der Waals surface area (Å²) in [5, 5.41) is 1.06. The second-order valence-electron chi connectivity index (χ2n) is 6.35. The zero-order chi connectivity index (χ0) is 17.6. The highest BCUT2D eigenvalue weighted by molar-refractivity contribution is 6.35. The van der Waals surface area contributed by atoms with Crippen molar-refractivity contribution in [1.29, 1.82) is 0 Å². The number of benzene rings is 1. The minimum atomic E-state index is -0.0743. The highest BCUT2D eigenvalue weighted by atomic mass is 35.5. The van der Waals surface area contributed by atoms with E-state index in [9.17, 15) is 4.79 Å². The predicted octanol–water partition coefficient (Wildman–Crippen LogP) is 3.76. The molecule has 0 saturated carbocycles. The van der Waals surface area contributed by atoms with Crippen LogP contribution in [0, 0.1) is 5.92 Å². The van der Waals surface area contributed by atoms with Crippen molar-refractivity contribution < 1.29 is 19.0 Å². The molecule has 0 aliphatic carbocycles. The highest BCUT2D eigenvalue weighted by Crippen LogP contribution is 2.28. The molecule has 0 radical (unpaired) electrons. The number of ether oxygens (including phenoxy) is 3. The fourth-order valence-corrected chi connectivity index (χ4v) is 3.69. The zero-order valence-electron chi connectivity index (χ0n) is 14.1. The van der Waals surface area contributed by atoms with Crippen molar-refractivity contribution in [2.75, 3.05) is 32.9 Å². The molecule has 0 unspecified atom stereocenters. The van der Waals surface area contributed by atoms with E-state index < -0.39 is 0 Å². The third-order valence-electron chi connectivity index (χ3n) is 4.61. The molecule has 0 N–H and O–H groups in total. The molecule has 2 aliphatic heterocycles. The van der Waals surface area contributed by atoms with Crippen LogP contribution >= 0.6 is 23.2 Å². The normalized spacial score (nSPS) is 19.4. The SMILES string of the molecule is O=C(CCCOc1ccc(Cl)cc1Cl)N1CCC(C2OCCO2)CC1. The molecule has 2 aliphatic rings. The first-order chi connectivity index (χ1) is 12.1. The van der Waals surface area contributed by atoms with Crippen LogP contribution in [0.5, 0.6) is 5.75 Å². The molecule has 2 saturated heterocycles. The summed E-state index contributed by atoms with van der Waals surface area (Å²) in [4.78, 5) is 14.2. The minimum Gasteiger partial charge on any atom is -0.492 e. The Kier molecular flexibility index (Phi) is 6.82. The van der Waals surface area contributed by atoms with E-state index in [0.717, 1.165) is 25.9 Å². The summed E-state index contributed by atoms with van der Waals surface area (Å²) in [5.41, 5.74) is 0. The van der Waals surface area contributed by atoms with Gasteiger partial charge in [-0.1, -0.05) is 23.2 Å². The molecule has 25 heavy (non-hydrogen) atoms. The van der Waals surface area contributed by atoms with Crippen molar-refractivity contribution >= 4 is 29.1 Å². The number of hydrogen-bond acceptors (Lipinski definition) is 4. The summed E-state index contributed by atoms with van der Waals surface area (Å²) in [5.74, 6) is 1.18. The molecule has 1 amide bonds. The molecule has 3 rings (SSSR count). The number of carbonyl (C=O) groups excluding carboxylic acids is 1. The third kappa shape index (κ3) is 5.23. The number of piperidine rings is 1. The van der Waals surface area contributed by atoms with E-state index >= 15 is 0 Å². The number of carbonyl (C=O) groups is 1. The molecule has 5 nitrogen and oxygen atoms in total. The summed E-state index contributed by atoms with van der Waals surface area (Å²) in [6.45, 7) is 3.36. The second kappa shape index (κ2) is 9.08. The molecule has 0 atom stereocenters. The quantitative estimate of drug-likeness (QED) is 0.697. The number of amides is 1. The minimum absolute atomic E-state index is 0.0743. The summed E-state index contributed by atoms with van der Waals surface area (Å²) in [6, 6.07) is 5.12. The summed E-state index contributed by atoms with van der Waals surface area (Å²) < 4.78 is 16.8. The van der Waals surface area contributed by atoms with E-state index in [-0.39, 0.29) is 12.2 Å². The number of halogens is 2. The molecule has 0 bridgehead atoms. The first-order valence-electron chi connectivity index (χ1n) is 8.72. The smallest absolute Gasteiger partial charge is 0.222 e. The van der Waals surface area contributed by atoms with Crippen LogP contribution in [0.4, 0.5) is 0 Å². The second-order valence-corrected chi connectivity index (χ2v) is 7.20. The third-order valence-corrected chi connectivity index (χ3v) is 5.14. The molecule has 138 valence electrons. The fraction of sp³-hybridized carbons (Fsp3) is 0.611. The van der Waals surface area contributed by atoms with Crippen LogP contribution in [0.25, 0.3) is 0 Å². The van der Waals surface area contributed by atoms with E-state index in [1.165, 1.54) is 0 Å². The van der Waals surface area contributed by atoms with Crippen LogP contribution in [0.3, 0.4) is 0 Å². The first-order valence-corrected chi connectivity index (χ1v) is 9.48. The van der Waals surface area contributed by atoms with Crippen molar-refractivity contribution in [2.24, 2.45) is 5.92 Å². The lowest BCUT2D eigenvalue weighted by atomic mass is 9.96. The Hall–Kier alpha value is -1.01. The lowest BCUT2D eigenvalue weighted by molar-refractivity contribution is -0.137. The van der Waals surface area contributed by atoms with E-state index in [4.69, 9.17) is 37.4 Å². The number of nitrogens with zero attached hydrogens (tertiary/aromatic N) is 1. The Morgan fingerprint density at radius 2 is 1.92 bits per heavy atom. The van der Waals surface area contributed by atoms with Gasteiger partial charge in [0.1, 0.15) is 5.75 Å². The van der Waals surface area contributed by atoms with Gasteiger partial charge in [-0.25, -0.2) is 0 Å². The average molecular weight is 388 g/mol. The van der Waals surface area contributed by atoms with Crippen molar-refractivity contribution in [3.63, 3.8) is 0 Å². The molecular formula is C18H23Cl2NO4. The number of likely N-dealkylation sites (tertiary alicyclic amines) is 1. The van der Waals surface area contributed by atoms with Gasteiger partial charge in [0.2, 0.25) is 5.91 Å².